The molecule has 2 aromatic rings. The van der Waals surface area contributed by atoms with Gasteiger partial charge in [0.2, 0.25) is 5.56 Å². The van der Waals surface area contributed by atoms with E-state index in [0.29, 0.717) is 0 Å². The van der Waals surface area contributed by atoms with Crippen molar-refractivity contribution in [3.63, 3.8) is 0 Å². The number of aromatic amines is 1. The number of nitrogens with one attached hydrogen (secondary N) is 3. The first kappa shape index (κ1) is 16.5. The summed E-state index contributed by atoms with van der Waals surface area (Å²) >= 11 is 0. The molecule has 0 saturated heterocycles. The van der Waals surface area contributed by atoms with E-state index in [-0.39, 0.29) is 30.0 Å². The lowest BCUT2D eigenvalue weighted by molar-refractivity contribution is -0.137. The molecule has 1 amide bonds. The van der Waals surface area contributed by atoms with Crippen LogP contribution in [0.4, 0.5) is 19.0 Å². The highest BCUT2D eigenvalue weighted by Gasteiger charge is 2.33. The van der Waals surface area contributed by atoms with Gasteiger partial charge in [0.05, 0.1) is 11.1 Å². The molecule has 2 heterocycles. The molecule has 0 atom stereocenters. The predicted octanol–water partition coefficient (Wildman–Crippen LogP) is 1.63. The normalized spacial score (nSPS) is 11.1. The summed E-state index contributed by atoms with van der Waals surface area (Å²) in [5, 5.41) is 5.05. The lowest BCUT2D eigenvalue weighted by Crippen LogP contribution is -2.29. The minimum atomic E-state index is -4.50. The third-order valence-corrected chi connectivity index (χ3v) is 2.86. The van der Waals surface area contributed by atoms with Gasteiger partial charge in [-0.2, -0.15) is 13.2 Å². The summed E-state index contributed by atoms with van der Waals surface area (Å²) in [6.45, 7) is 0.154. The molecule has 122 valence electrons. The van der Waals surface area contributed by atoms with E-state index in [4.69, 9.17) is 0 Å². The van der Waals surface area contributed by atoms with Gasteiger partial charge in [0, 0.05) is 31.5 Å². The summed E-state index contributed by atoms with van der Waals surface area (Å²) in [6, 6.07) is 4.68. The summed E-state index contributed by atoms with van der Waals surface area (Å²) in [5.74, 6) is -0.738. The third kappa shape index (κ3) is 4.56. The SMILES string of the molecule is O=C(NCCNc1ncccc1C(F)(F)F)c1ccc(=O)[nH]c1. The monoisotopic (exact) mass is 326 g/mol. The smallest absolute Gasteiger partial charge is 0.368 e. The van der Waals surface area contributed by atoms with Crippen LogP contribution in [0.5, 0.6) is 0 Å². The first-order chi connectivity index (χ1) is 10.9. The average Bonchev–Trinajstić information content (AvgIpc) is 2.51. The summed E-state index contributed by atoms with van der Waals surface area (Å²) < 4.78 is 38.3. The van der Waals surface area contributed by atoms with Gasteiger partial charge in [-0.05, 0) is 18.2 Å². The summed E-state index contributed by atoms with van der Waals surface area (Å²) in [5.41, 5.74) is -0.955. The van der Waals surface area contributed by atoms with Crippen LogP contribution in [0.3, 0.4) is 0 Å². The molecule has 9 heteroatoms. The van der Waals surface area contributed by atoms with Gasteiger partial charge in [-0.25, -0.2) is 4.98 Å². The Labute approximate surface area is 128 Å². The zero-order chi connectivity index (χ0) is 16.9. The maximum Gasteiger partial charge on any atom is 0.419 e. The Morgan fingerprint density at radius 3 is 2.65 bits per heavy atom. The second-order valence-corrected chi connectivity index (χ2v) is 4.52. The topological polar surface area (TPSA) is 86.9 Å². The van der Waals surface area contributed by atoms with Crippen molar-refractivity contribution < 1.29 is 18.0 Å². The van der Waals surface area contributed by atoms with E-state index in [1.165, 1.54) is 30.6 Å². The number of pyridine rings is 2. The van der Waals surface area contributed by atoms with Crippen molar-refractivity contribution in [3.05, 3.63) is 58.1 Å². The van der Waals surface area contributed by atoms with Crippen LogP contribution >= 0.6 is 0 Å². The van der Waals surface area contributed by atoms with Gasteiger partial charge in [0.15, 0.2) is 0 Å². The van der Waals surface area contributed by atoms with Crippen LogP contribution in [-0.2, 0) is 6.18 Å². The van der Waals surface area contributed by atoms with Gasteiger partial charge in [-0.15, -0.1) is 0 Å². The van der Waals surface area contributed by atoms with Gasteiger partial charge >= 0.3 is 6.18 Å². The number of hydrogen-bond acceptors (Lipinski definition) is 4. The fourth-order valence-corrected chi connectivity index (χ4v) is 1.79. The highest BCUT2D eigenvalue weighted by atomic mass is 19.4. The second kappa shape index (κ2) is 6.95. The molecule has 0 aromatic carbocycles. The van der Waals surface area contributed by atoms with Crippen LogP contribution in [0.25, 0.3) is 0 Å². The number of hydrogen-bond donors (Lipinski definition) is 3. The number of aromatic nitrogens is 2. The Kier molecular flexibility index (Phi) is 4.99. The number of amides is 1. The third-order valence-electron chi connectivity index (χ3n) is 2.86. The van der Waals surface area contributed by atoms with Gasteiger partial charge < -0.3 is 15.6 Å². The molecule has 0 aliphatic carbocycles. The van der Waals surface area contributed by atoms with E-state index < -0.39 is 17.6 Å². The van der Waals surface area contributed by atoms with Crippen LogP contribution in [0, 0.1) is 0 Å². The Morgan fingerprint density at radius 2 is 2.00 bits per heavy atom. The average molecular weight is 326 g/mol. The number of halogens is 3. The van der Waals surface area contributed by atoms with Crippen molar-refractivity contribution in [2.24, 2.45) is 0 Å². The zero-order valence-corrected chi connectivity index (χ0v) is 11.8. The number of anilines is 1. The predicted molar refractivity (Wildman–Crippen MR) is 77.1 cm³/mol. The highest BCUT2D eigenvalue weighted by molar-refractivity contribution is 5.93. The molecule has 0 spiro atoms. The lowest BCUT2D eigenvalue weighted by atomic mass is 10.2. The van der Waals surface area contributed by atoms with E-state index in [0.717, 1.165) is 6.07 Å². The second-order valence-electron chi connectivity index (χ2n) is 4.52. The van der Waals surface area contributed by atoms with E-state index >= 15 is 0 Å². The Bertz CT molecular complexity index is 723. The van der Waals surface area contributed by atoms with Crippen molar-refractivity contribution in [1.82, 2.24) is 15.3 Å². The summed E-state index contributed by atoms with van der Waals surface area (Å²) in [4.78, 5) is 28.6. The molecule has 0 saturated carbocycles. The maximum absolute atomic E-state index is 12.8. The van der Waals surface area contributed by atoms with Gasteiger partial charge in [0.1, 0.15) is 5.82 Å². The van der Waals surface area contributed by atoms with Gasteiger partial charge in [0.25, 0.3) is 5.91 Å². The maximum atomic E-state index is 12.8. The van der Waals surface area contributed by atoms with Crippen LogP contribution in [0.2, 0.25) is 0 Å². The van der Waals surface area contributed by atoms with Crippen LogP contribution in [-0.4, -0.2) is 29.0 Å². The number of carbonyl (C=O) groups excluding carboxylic acids is 1. The molecule has 2 aromatic heterocycles. The zero-order valence-electron chi connectivity index (χ0n) is 11.8. The molecule has 2 rings (SSSR count). The lowest BCUT2D eigenvalue weighted by Gasteiger charge is -2.13. The van der Waals surface area contributed by atoms with E-state index in [1.54, 1.807) is 0 Å². The van der Waals surface area contributed by atoms with Gasteiger partial charge in [-0.1, -0.05) is 0 Å². The fraction of sp³-hybridized carbons (Fsp3) is 0.214. The molecule has 0 aliphatic rings. The Morgan fingerprint density at radius 1 is 1.22 bits per heavy atom. The van der Waals surface area contributed by atoms with Crippen LogP contribution in [0.1, 0.15) is 15.9 Å². The number of H-pyrrole nitrogens is 1. The largest absolute Gasteiger partial charge is 0.419 e. The Hall–Kier alpha value is -2.84. The van der Waals surface area contributed by atoms with Crippen molar-refractivity contribution in [1.29, 1.82) is 0 Å². The minimum Gasteiger partial charge on any atom is -0.368 e. The van der Waals surface area contributed by atoms with Crippen molar-refractivity contribution >= 4 is 11.7 Å². The first-order valence-electron chi connectivity index (χ1n) is 6.61. The van der Waals surface area contributed by atoms with E-state index in [9.17, 15) is 22.8 Å². The number of alkyl halides is 3. The molecule has 23 heavy (non-hydrogen) atoms. The molecular weight excluding hydrogens is 313 g/mol. The molecule has 0 unspecified atom stereocenters. The Balaban J connectivity index is 1.88. The van der Waals surface area contributed by atoms with Crippen molar-refractivity contribution in [3.8, 4) is 0 Å². The summed E-state index contributed by atoms with van der Waals surface area (Å²) in [6.07, 6.45) is -2.00. The number of nitrogens with zero attached hydrogens (tertiary/aromatic N) is 1. The standard InChI is InChI=1S/C14H13F3N4O2/c15-14(16,17)10-2-1-5-18-12(10)19-6-7-20-13(23)9-3-4-11(22)21-8-9/h1-5,8H,6-7H2,(H,18,19)(H,20,23)(H,21,22). The molecule has 3 N–H and O–H groups in total. The molecule has 6 nitrogen and oxygen atoms in total. The van der Waals surface area contributed by atoms with Crippen LogP contribution in [0.15, 0.2) is 41.5 Å². The van der Waals surface area contributed by atoms with Crippen molar-refractivity contribution in [2.45, 2.75) is 6.18 Å². The number of rotatable bonds is 5. The highest BCUT2D eigenvalue weighted by Crippen LogP contribution is 2.33. The minimum absolute atomic E-state index is 0.0647. The van der Waals surface area contributed by atoms with E-state index in [1.807, 2.05) is 0 Å². The fourth-order valence-electron chi connectivity index (χ4n) is 1.79. The summed E-state index contributed by atoms with van der Waals surface area (Å²) in [7, 11) is 0. The van der Waals surface area contributed by atoms with Gasteiger partial charge in [-0.3, -0.25) is 9.59 Å². The van der Waals surface area contributed by atoms with Crippen LogP contribution < -0.4 is 16.2 Å². The quantitative estimate of drug-likeness (QED) is 0.729. The number of carbonyl (C=O) groups is 1. The molecular formula is C14H13F3N4O2. The molecule has 0 fully saturated rings. The first-order valence-corrected chi connectivity index (χ1v) is 6.61. The molecule has 0 radical (unpaired) electrons. The molecule has 0 bridgehead atoms. The van der Waals surface area contributed by atoms with Crippen molar-refractivity contribution in [2.75, 3.05) is 18.4 Å². The van der Waals surface area contributed by atoms with E-state index in [2.05, 4.69) is 20.6 Å². The molecule has 0 aliphatic heterocycles.